The van der Waals surface area contributed by atoms with Gasteiger partial charge in [-0.25, -0.2) is 13.1 Å². The highest BCUT2D eigenvalue weighted by molar-refractivity contribution is 7.89. The molecule has 7 nitrogen and oxygen atoms in total. The maximum absolute atomic E-state index is 12.7. The van der Waals surface area contributed by atoms with Crippen LogP contribution in [0.1, 0.15) is 36.3 Å². The molecular weight excluding hydrogens is 424 g/mol. The molecule has 1 N–H and O–H groups in total. The number of amides is 1. The minimum absolute atomic E-state index is 0.142. The molecule has 3 rings (SSSR count). The van der Waals surface area contributed by atoms with Crippen molar-refractivity contribution in [3.8, 4) is 11.3 Å². The molecule has 3 aromatic rings. The number of aryl methyl sites for hydroxylation is 2. The van der Waals surface area contributed by atoms with Crippen LogP contribution < -0.4 is 4.72 Å². The second-order valence-electron chi connectivity index (χ2n) is 8.14. The van der Waals surface area contributed by atoms with Crippen LogP contribution in [0.25, 0.3) is 11.3 Å². The van der Waals surface area contributed by atoms with Crippen LogP contribution in [0.3, 0.4) is 0 Å². The molecule has 1 aromatic heterocycles. The zero-order chi connectivity index (χ0) is 23.3. The SMILES string of the molecule is CC(C)NS(=O)(=O)c1ccc(C(=O)N(C)CCCc2cc(-c3ccccc3)n(C)n2)cc1. The van der Waals surface area contributed by atoms with Gasteiger partial charge in [0, 0.05) is 32.2 Å². The topological polar surface area (TPSA) is 84.3 Å². The third-order valence-electron chi connectivity index (χ3n) is 5.08. The Kier molecular flexibility index (Phi) is 7.48. The Morgan fingerprint density at radius 3 is 2.38 bits per heavy atom. The molecule has 0 spiro atoms. The van der Waals surface area contributed by atoms with Gasteiger partial charge in [-0.1, -0.05) is 30.3 Å². The van der Waals surface area contributed by atoms with Gasteiger partial charge >= 0.3 is 0 Å². The van der Waals surface area contributed by atoms with Crippen molar-refractivity contribution < 1.29 is 13.2 Å². The quantitative estimate of drug-likeness (QED) is 0.537. The van der Waals surface area contributed by atoms with Crippen molar-refractivity contribution >= 4 is 15.9 Å². The maximum atomic E-state index is 12.7. The van der Waals surface area contributed by atoms with Crippen LogP contribution in [-0.4, -0.2) is 48.6 Å². The van der Waals surface area contributed by atoms with E-state index in [9.17, 15) is 13.2 Å². The summed E-state index contributed by atoms with van der Waals surface area (Å²) in [4.78, 5) is 14.5. The van der Waals surface area contributed by atoms with Crippen molar-refractivity contribution in [2.24, 2.45) is 7.05 Å². The van der Waals surface area contributed by atoms with Gasteiger partial charge in [0.1, 0.15) is 0 Å². The first kappa shape index (κ1) is 23.7. The third kappa shape index (κ3) is 5.83. The van der Waals surface area contributed by atoms with Gasteiger partial charge in [-0.05, 0) is 62.6 Å². The van der Waals surface area contributed by atoms with Gasteiger partial charge in [0.05, 0.1) is 16.3 Å². The highest BCUT2D eigenvalue weighted by atomic mass is 32.2. The first-order valence-electron chi connectivity index (χ1n) is 10.6. The van der Waals surface area contributed by atoms with Crippen LogP contribution >= 0.6 is 0 Å². The smallest absolute Gasteiger partial charge is 0.253 e. The minimum Gasteiger partial charge on any atom is -0.342 e. The van der Waals surface area contributed by atoms with Crippen molar-refractivity contribution in [2.75, 3.05) is 13.6 Å². The largest absolute Gasteiger partial charge is 0.342 e. The first-order chi connectivity index (χ1) is 15.2. The lowest BCUT2D eigenvalue weighted by Gasteiger charge is -2.17. The highest BCUT2D eigenvalue weighted by Gasteiger charge is 2.17. The summed E-state index contributed by atoms with van der Waals surface area (Å²) in [6.45, 7) is 4.10. The molecular formula is C24H30N4O3S. The lowest BCUT2D eigenvalue weighted by Crippen LogP contribution is -2.30. The average molecular weight is 455 g/mol. The number of carbonyl (C=O) groups is 1. The Morgan fingerprint density at radius 1 is 1.09 bits per heavy atom. The second-order valence-corrected chi connectivity index (χ2v) is 9.86. The molecule has 170 valence electrons. The van der Waals surface area contributed by atoms with E-state index < -0.39 is 10.0 Å². The molecule has 1 heterocycles. The Hall–Kier alpha value is -2.97. The van der Waals surface area contributed by atoms with E-state index in [2.05, 4.69) is 28.0 Å². The van der Waals surface area contributed by atoms with E-state index in [-0.39, 0.29) is 16.8 Å². The molecule has 0 aliphatic carbocycles. The normalized spacial score (nSPS) is 11.7. The molecule has 0 saturated heterocycles. The Bertz CT molecular complexity index is 1150. The number of hydrogen-bond acceptors (Lipinski definition) is 4. The van der Waals surface area contributed by atoms with Crippen molar-refractivity contribution in [3.63, 3.8) is 0 Å². The van der Waals surface area contributed by atoms with Crippen LogP contribution in [0.5, 0.6) is 0 Å². The summed E-state index contributed by atoms with van der Waals surface area (Å²) in [5.74, 6) is -0.142. The number of rotatable bonds is 9. The van der Waals surface area contributed by atoms with E-state index in [0.717, 1.165) is 29.8 Å². The van der Waals surface area contributed by atoms with Gasteiger partial charge in [-0.2, -0.15) is 5.10 Å². The Morgan fingerprint density at radius 2 is 1.75 bits per heavy atom. The van der Waals surface area contributed by atoms with E-state index in [0.29, 0.717) is 12.1 Å². The zero-order valence-electron chi connectivity index (χ0n) is 18.9. The number of carbonyl (C=O) groups excluding carboxylic acids is 1. The number of hydrogen-bond donors (Lipinski definition) is 1. The summed E-state index contributed by atoms with van der Waals surface area (Å²) in [5, 5.41) is 4.59. The monoisotopic (exact) mass is 454 g/mol. The predicted octanol–water partition coefficient (Wildman–Crippen LogP) is 3.48. The molecule has 0 bridgehead atoms. The zero-order valence-corrected chi connectivity index (χ0v) is 19.8. The van der Waals surface area contributed by atoms with E-state index in [1.807, 2.05) is 29.9 Å². The Labute approximate surface area is 190 Å². The van der Waals surface area contributed by atoms with Gasteiger partial charge in [0.25, 0.3) is 5.91 Å². The fourth-order valence-electron chi connectivity index (χ4n) is 3.50. The van der Waals surface area contributed by atoms with E-state index in [4.69, 9.17) is 0 Å². The van der Waals surface area contributed by atoms with E-state index in [1.165, 1.54) is 12.1 Å². The van der Waals surface area contributed by atoms with Crippen LogP contribution in [0.2, 0.25) is 0 Å². The van der Waals surface area contributed by atoms with Gasteiger partial charge in [0.2, 0.25) is 10.0 Å². The summed E-state index contributed by atoms with van der Waals surface area (Å²) in [6.07, 6.45) is 1.54. The van der Waals surface area contributed by atoms with Crippen LogP contribution in [0, 0.1) is 0 Å². The number of sulfonamides is 1. The van der Waals surface area contributed by atoms with Crippen LogP contribution in [0.15, 0.2) is 65.6 Å². The van der Waals surface area contributed by atoms with Crippen LogP contribution in [-0.2, 0) is 23.5 Å². The molecule has 0 aliphatic rings. The number of nitrogens with one attached hydrogen (secondary N) is 1. The molecule has 1 amide bonds. The molecule has 0 saturated carbocycles. The van der Waals surface area contributed by atoms with Crippen LogP contribution in [0.4, 0.5) is 0 Å². The number of aromatic nitrogens is 2. The Balaban J connectivity index is 1.56. The molecule has 0 aliphatic heterocycles. The standard InChI is InChI=1S/C24H30N4O3S/c1-18(2)26-32(30,31)22-14-12-20(13-15-22)24(29)27(3)16-8-11-21-17-23(28(4)25-21)19-9-6-5-7-10-19/h5-7,9-10,12-15,17-18,26H,8,11,16H2,1-4H3. The molecule has 0 atom stereocenters. The lowest BCUT2D eigenvalue weighted by atomic mass is 10.1. The summed E-state index contributed by atoms with van der Waals surface area (Å²) >= 11 is 0. The second kappa shape index (κ2) is 10.1. The van der Waals surface area contributed by atoms with Gasteiger partial charge in [-0.15, -0.1) is 0 Å². The summed E-state index contributed by atoms with van der Waals surface area (Å²) in [6, 6.07) is 18.0. The van der Waals surface area contributed by atoms with Crippen molar-refractivity contribution in [1.29, 1.82) is 0 Å². The maximum Gasteiger partial charge on any atom is 0.253 e. The number of nitrogens with zero attached hydrogens (tertiary/aromatic N) is 3. The molecule has 0 radical (unpaired) electrons. The first-order valence-corrected chi connectivity index (χ1v) is 12.1. The van der Waals surface area contributed by atoms with Crippen molar-refractivity contribution in [2.45, 2.75) is 37.6 Å². The third-order valence-corrected chi connectivity index (χ3v) is 6.75. The molecule has 2 aromatic carbocycles. The summed E-state index contributed by atoms with van der Waals surface area (Å²) in [5.41, 5.74) is 3.63. The summed E-state index contributed by atoms with van der Waals surface area (Å²) in [7, 11) is 0.111. The van der Waals surface area contributed by atoms with Gasteiger partial charge < -0.3 is 4.90 Å². The highest BCUT2D eigenvalue weighted by Crippen LogP contribution is 2.20. The molecule has 8 heteroatoms. The van der Waals surface area contributed by atoms with Crippen molar-refractivity contribution in [3.05, 3.63) is 71.9 Å². The molecule has 32 heavy (non-hydrogen) atoms. The average Bonchev–Trinajstić information content (AvgIpc) is 3.13. The van der Waals surface area contributed by atoms with Crippen molar-refractivity contribution in [1.82, 2.24) is 19.4 Å². The fraction of sp³-hybridized carbons (Fsp3) is 0.333. The van der Waals surface area contributed by atoms with E-state index >= 15 is 0 Å². The molecule has 0 unspecified atom stereocenters. The fourth-order valence-corrected chi connectivity index (χ4v) is 4.75. The minimum atomic E-state index is -3.57. The van der Waals surface area contributed by atoms with E-state index in [1.54, 1.807) is 37.9 Å². The predicted molar refractivity (Wildman–Crippen MR) is 126 cm³/mol. The number of benzene rings is 2. The van der Waals surface area contributed by atoms with Gasteiger partial charge in [0.15, 0.2) is 0 Å². The lowest BCUT2D eigenvalue weighted by molar-refractivity contribution is 0.0793. The van der Waals surface area contributed by atoms with Gasteiger partial charge in [-0.3, -0.25) is 9.48 Å². The summed E-state index contributed by atoms with van der Waals surface area (Å²) < 4.78 is 28.9. The molecule has 0 fully saturated rings.